The standard InChI is InChI=1S/C27H27N3O6/c1-2-34-20-7-4-18(5-8-20)24-23(25(31)19-6-9-21-22(16-19)36-15-14-35-21)26(32)27(33)30(24)12-3-11-29-13-10-28-17-29/h4-10,13,16-17,24H,2-3,11-12,14-15H2,1H3,(H,31,32)/p+1. The second-order valence-corrected chi connectivity index (χ2v) is 8.56. The van der Waals surface area contributed by atoms with Crippen LogP contribution in [-0.4, -0.2) is 53.0 Å². The maximum Gasteiger partial charge on any atom is 0.295 e. The molecule has 1 atom stereocenters. The lowest BCUT2D eigenvalue weighted by molar-refractivity contribution is -0.695. The summed E-state index contributed by atoms with van der Waals surface area (Å²) in [6.07, 6.45) is 6.19. The number of ketones is 1. The van der Waals surface area contributed by atoms with Crippen LogP contribution in [0.25, 0.3) is 5.76 Å². The molecule has 1 fully saturated rings. The van der Waals surface area contributed by atoms with Gasteiger partial charge < -0.3 is 24.2 Å². The molecule has 9 heteroatoms. The van der Waals surface area contributed by atoms with Crippen LogP contribution in [0.15, 0.2) is 66.8 Å². The van der Waals surface area contributed by atoms with Crippen molar-refractivity contribution < 1.29 is 33.5 Å². The van der Waals surface area contributed by atoms with E-state index in [0.29, 0.717) is 67.7 Å². The van der Waals surface area contributed by atoms with Crippen molar-refractivity contribution in [2.24, 2.45) is 0 Å². The fourth-order valence-corrected chi connectivity index (χ4v) is 4.60. The van der Waals surface area contributed by atoms with Gasteiger partial charge in [0.15, 0.2) is 11.5 Å². The van der Waals surface area contributed by atoms with E-state index in [1.165, 1.54) is 4.90 Å². The van der Waals surface area contributed by atoms with Crippen molar-refractivity contribution >= 4 is 17.4 Å². The number of benzene rings is 2. The molecule has 2 aromatic carbocycles. The Balaban J connectivity index is 1.52. The predicted molar refractivity (Wildman–Crippen MR) is 130 cm³/mol. The lowest BCUT2D eigenvalue weighted by Crippen LogP contribution is -2.36. The van der Waals surface area contributed by atoms with Gasteiger partial charge in [0.1, 0.15) is 37.1 Å². The van der Waals surface area contributed by atoms with Crippen molar-refractivity contribution in [1.82, 2.24) is 9.88 Å². The number of nitrogens with zero attached hydrogens (tertiary/aromatic N) is 2. The molecule has 1 aromatic heterocycles. The van der Waals surface area contributed by atoms with E-state index in [9.17, 15) is 14.7 Å². The summed E-state index contributed by atoms with van der Waals surface area (Å²) in [4.78, 5) is 31.0. The molecule has 0 saturated carbocycles. The van der Waals surface area contributed by atoms with Crippen LogP contribution in [0.4, 0.5) is 0 Å². The molecule has 0 aliphatic carbocycles. The smallest absolute Gasteiger partial charge is 0.295 e. The van der Waals surface area contributed by atoms with Crippen molar-refractivity contribution in [3.63, 3.8) is 0 Å². The topological polar surface area (TPSA) is 105 Å². The Bertz CT molecular complexity index is 1280. The molecule has 2 aliphatic heterocycles. The van der Waals surface area contributed by atoms with E-state index in [2.05, 4.69) is 4.98 Å². The first-order chi connectivity index (χ1) is 17.6. The number of imidazole rings is 1. The van der Waals surface area contributed by atoms with Gasteiger partial charge in [-0.25, -0.2) is 4.57 Å². The van der Waals surface area contributed by atoms with E-state index in [0.717, 1.165) is 0 Å². The molecule has 1 amide bonds. The summed E-state index contributed by atoms with van der Waals surface area (Å²) in [5, 5.41) is 11.3. The maximum absolute atomic E-state index is 13.3. The van der Waals surface area contributed by atoms with Crippen LogP contribution in [-0.2, 0) is 16.1 Å². The summed E-state index contributed by atoms with van der Waals surface area (Å²) in [6.45, 7) is 4.29. The Morgan fingerprint density at radius 3 is 2.64 bits per heavy atom. The van der Waals surface area contributed by atoms with Gasteiger partial charge in [0.05, 0.1) is 24.8 Å². The van der Waals surface area contributed by atoms with Crippen LogP contribution in [0.2, 0.25) is 0 Å². The van der Waals surface area contributed by atoms with Gasteiger partial charge in [-0.3, -0.25) is 14.6 Å². The lowest BCUT2D eigenvalue weighted by Gasteiger charge is -2.25. The number of fused-ring (bicyclic) bond motifs is 1. The number of rotatable bonds is 8. The molecule has 1 unspecified atom stereocenters. The van der Waals surface area contributed by atoms with E-state index in [1.54, 1.807) is 30.3 Å². The number of hydrogen-bond acceptors (Lipinski definition) is 6. The largest absolute Gasteiger partial charge is 0.507 e. The second-order valence-electron chi connectivity index (χ2n) is 8.56. The zero-order valence-corrected chi connectivity index (χ0v) is 20.0. The van der Waals surface area contributed by atoms with Crippen LogP contribution in [0, 0.1) is 0 Å². The molecule has 0 bridgehead atoms. The number of aryl methyl sites for hydroxylation is 1. The molecule has 9 nitrogen and oxygen atoms in total. The molecule has 3 aromatic rings. The summed E-state index contributed by atoms with van der Waals surface area (Å²) in [6, 6.07) is 11.5. The normalized spacial score (nSPS) is 18.5. The highest BCUT2D eigenvalue weighted by Gasteiger charge is 2.46. The molecule has 3 heterocycles. The molecule has 1 saturated heterocycles. The number of H-pyrrole nitrogens is 1. The third-order valence-electron chi connectivity index (χ3n) is 6.28. The Kier molecular flexibility index (Phi) is 6.62. The minimum Gasteiger partial charge on any atom is -0.507 e. The van der Waals surface area contributed by atoms with Gasteiger partial charge in [0.2, 0.25) is 6.33 Å². The minimum absolute atomic E-state index is 0.0511. The first kappa shape index (κ1) is 23.5. The zero-order chi connectivity index (χ0) is 25.1. The molecule has 186 valence electrons. The summed E-state index contributed by atoms with van der Waals surface area (Å²) in [7, 11) is 0. The van der Waals surface area contributed by atoms with Crippen molar-refractivity contribution in [2.45, 2.75) is 25.9 Å². The van der Waals surface area contributed by atoms with Gasteiger partial charge >= 0.3 is 0 Å². The fraction of sp³-hybridized carbons (Fsp3) is 0.296. The highest BCUT2D eigenvalue weighted by atomic mass is 16.6. The van der Waals surface area contributed by atoms with Gasteiger partial charge in [-0.2, -0.15) is 0 Å². The Morgan fingerprint density at radius 2 is 1.92 bits per heavy atom. The van der Waals surface area contributed by atoms with Crippen molar-refractivity contribution in [3.05, 3.63) is 77.9 Å². The van der Waals surface area contributed by atoms with Crippen LogP contribution in [0.1, 0.15) is 30.5 Å². The Labute approximate surface area is 208 Å². The van der Waals surface area contributed by atoms with E-state index in [-0.39, 0.29) is 11.3 Å². The molecule has 2 N–H and O–H groups in total. The van der Waals surface area contributed by atoms with Gasteiger partial charge in [-0.15, -0.1) is 0 Å². The van der Waals surface area contributed by atoms with Crippen LogP contribution < -0.4 is 18.8 Å². The minimum atomic E-state index is -0.731. The van der Waals surface area contributed by atoms with Gasteiger partial charge in [0.25, 0.3) is 11.7 Å². The van der Waals surface area contributed by atoms with E-state index in [4.69, 9.17) is 14.2 Å². The first-order valence-electron chi connectivity index (χ1n) is 12.0. The quantitative estimate of drug-likeness (QED) is 0.218. The number of aliphatic hydroxyl groups excluding tert-OH is 1. The predicted octanol–water partition coefficient (Wildman–Crippen LogP) is 2.98. The number of Topliss-reactive ketones (excluding diaryl/α,β-unsaturated/α-hetero) is 1. The molecule has 2 aliphatic rings. The number of nitrogens with one attached hydrogen (secondary N) is 1. The van der Waals surface area contributed by atoms with E-state index < -0.39 is 17.7 Å². The summed E-state index contributed by atoms with van der Waals surface area (Å²) >= 11 is 0. The number of aromatic amines is 1. The van der Waals surface area contributed by atoms with E-state index >= 15 is 0 Å². The first-order valence-corrected chi connectivity index (χ1v) is 12.0. The number of ether oxygens (including phenoxy) is 3. The molecule has 36 heavy (non-hydrogen) atoms. The molecule has 0 spiro atoms. The fourth-order valence-electron chi connectivity index (χ4n) is 4.60. The molecular formula is C27H28N3O6+. The molecule has 5 rings (SSSR count). The molecular weight excluding hydrogens is 462 g/mol. The summed E-state index contributed by atoms with van der Waals surface area (Å²) < 4.78 is 18.7. The van der Waals surface area contributed by atoms with Crippen LogP contribution >= 0.6 is 0 Å². The highest BCUT2D eigenvalue weighted by Crippen LogP contribution is 2.41. The van der Waals surface area contributed by atoms with E-state index in [1.807, 2.05) is 42.3 Å². The second kappa shape index (κ2) is 10.2. The number of likely N-dealkylation sites (tertiary alicyclic amines) is 1. The van der Waals surface area contributed by atoms with Crippen molar-refractivity contribution in [1.29, 1.82) is 0 Å². The number of carbonyl (C=O) groups is 2. The number of hydrogen-bond donors (Lipinski definition) is 2. The lowest BCUT2D eigenvalue weighted by atomic mass is 9.95. The zero-order valence-electron chi connectivity index (χ0n) is 20.0. The van der Waals surface area contributed by atoms with Crippen LogP contribution in [0.5, 0.6) is 17.2 Å². The number of aromatic nitrogens is 2. The SMILES string of the molecule is CCOc1ccc(C2/C(=C(\O)c3ccc4c(c3)OCCO4)C(=O)C(=O)N2CCC[n+]2cc[nH]c2)cc1. The van der Waals surface area contributed by atoms with Crippen molar-refractivity contribution in [2.75, 3.05) is 26.4 Å². The third kappa shape index (κ3) is 4.51. The number of amides is 1. The summed E-state index contributed by atoms with van der Waals surface area (Å²) in [5.74, 6) is 0.160. The van der Waals surface area contributed by atoms with Gasteiger partial charge in [-0.05, 0) is 42.8 Å². The maximum atomic E-state index is 13.3. The molecule has 0 radical (unpaired) electrons. The van der Waals surface area contributed by atoms with Gasteiger partial charge in [0, 0.05) is 18.5 Å². The Hall–Kier alpha value is -4.27. The van der Waals surface area contributed by atoms with Crippen LogP contribution in [0.3, 0.4) is 0 Å². The average molecular weight is 491 g/mol. The number of aliphatic hydroxyl groups is 1. The van der Waals surface area contributed by atoms with Gasteiger partial charge in [-0.1, -0.05) is 12.1 Å². The number of carbonyl (C=O) groups excluding carboxylic acids is 2. The highest BCUT2D eigenvalue weighted by molar-refractivity contribution is 6.46. The summed E-state index contributed by atoms with van der Waals surface area (Å²) in [5.41, 5.74) is 1.15. The third-order valence-corrected chi connectivity index (χ3v) is 6.28. The Morgan fingerprint density at radius 1 is 1.14 bits per heavy atom. The van der Waals surface area contributed by atoms with Crippen molar-refractivity contribution in [3.8, 4) is 17.2 Å². The average Bonchev–Trinajstić information content (AvgIpc) is 3.51. The monoisotopic (exact) mass is 490 g/mol.